The molecule has 0 aromatic heterocycles. The number of hydrogen-bond donors (Lipinski definition) is 1. The minimum atomic E-state index is -0.483. The first kappa shape index (κ1) is 20.6. The Morgan fingerprint density at radius 1 is 1.03 bits per heavy atom. The summed E-state index contributed by atoms with van der Waals surface area (Å²) in [5.74, 6) is 1.62. The molecule has 1 aliphatic carbocycles. The van der Waals surface area contributed by atoms with Gasteiger partial charge >= 0.3 is 6.09 Å². The third-order valence-electron chi connectivity index (χ3n) is 6.66. The minimum Gasteiger partial charge on any atom is -0.489 e. The molecule has 1 N–H and O–H groups in total. The van der Waals surface area contributed by atoms with E-state index < -0.39 is 5.54 Å². The smallest absolute Gasteiger partial charge is 0.408 e. The number of ether oxygens (including phenoxy) is 2. The fraction of sp³-hybridized carbons (Fsp3) is 0.346. The lowest BCUT2D eigenvalue weighted by Gasteiger charge is -2.29. The lowest BCUT2D eigenvalue weighted by atomic mass is 9.83. The number of cyclic esters (lactones) is 1. The van der Waals surface area contributed by atoms with Crippen LogP contribution in [-0.2, 0) is 10.3 Å². The molecule has 5 heteroatoms. The summed E-state index contributed by atoms with van der Waals surface area (Å²) in [5.41, 5.74) is 2.02. The van der Waals surface area contributed by atoms with Crippen molar-refractivity contribution in [3.05, 3.63) is 75.4 Å². The van der Waals surface area contributed by atoms with Crippen molar-refractivity contribution in [2.45, 2.75) is 50.2 Å². The molecule has 2 fully saturated rings. The van der Waals surface area contributed by atoms with E-state index in [4.69, 9.17) is 9.47 Å². The summed E-state index contributed by atoms with van der Waals surface area (Å²) in [5, 5.41) is 5.24. The number of rotatable bonds is 4. The van der Waals surface area contributed by atoms with Gasteiger partial charge in [0.15, 0.2) is 0 Å². The monoisotopic (exact) mass is 527 g/mol. The Balaban J connectivity index is 1.30. The minimum absolute atomic E-state index is 0.273. The van der Waals surface area contributed by atoms with Gasteiger partial charge in [0.25, 0.3) is 0 Å². The number of benzene rings is 3. The topological polar surface area (TPSA) is 47.6 Å². The van der Waals surface area contributed by atoms with Gasteiger partial charge in [0.1, 0.15) is 12.4 Å². The van der Waals surface area contributed by atoms with Crippen LogP contribution < -0.4 is 10.1 Å². The third kappa shape index (κ3) is 4.12. The van der Waals surface area contributed by atoms with Gasteiger partial charge < -0.3 is 14.8 Å². The van der Waals surface area contributed by atoms with Crippen molar-refractivity contribution in [3.8, 4) is 5.75 Å². The highest BCUT2D eigenvalue weighted by Gasteiger charge is 2.36. The second kappa shape index (κ2) is 8.34. The zero-order valence-electron chi connectivity index (χ0n) is 17.6. The molecule has 160 valence electrons. The number of carbonyl (C=O) groups excluding carboxylic acids is 1. The van der Waals surface area contributed by atoms with Crippen LogP contribution in [0.1, 0.15) is 49.7 Å². The Morgan fingerprint density at radius 3 is 2.52 bits per heavy atom. The van der Waals surface area contributed by atoms with Gasteiger partial charge in [0.2, 0.25) is 0 Å². The molecule has 4 nitrogen and oxygen atoms in total. The molecule has 0 bridgehead atoms. The van der Waals surface area contributed by atoms with E-state index in [-0.39, 0.29) is 12.2 Å². The number of nitrogens with one attached hydrogen (secondary N) is 1. The van der Waals surface area contributed by atoms with Crippen molar-refractivity contribution in [2.75, 3.05) is 6.61 Å². The summed E-state index contributed by atoms with van der Waals surface area (Å²) >= 11 is 2.40. The number of carbonyl (C=O) groups is 1. The van der Waals surface area contributed by atoms with Crippen LogP contribution >= 0.6 is 22.6 Å². The van der Waals surface area contributed by atoms with Crippen LogP contribution in [0.5, 0.6) is 5.75 Å². The van der Waals surface area contributed by atoms with Crippen LogP contribution in [0.25, 0.3) is 10.8 Å². The van der Waals surface area contributed by atoms with Crippen molar-refractivity contribution in [3.63, 3.8) is 0 Å². The summed E-state index contributed by atoms with van der Waals surface area (Å²) in [6.45, 7) is 2.34. The molecule has 5 rings (SSSR count). The van der Waals surface area contributed by atoms with Crippen LogP contribution in [0.3, 0.4) is 0 Å². The third-order valence-corrected chi connectivity index (χ3v) is 7.78. The highest BCUT2D eigenvalue weighted by molar-refractivity contribution is 14.1. The highest BCUT2D eigenvalue weighted by Crippen LogP contribution is 2.37. The normalized spacial score (nSPS) is 25.8. The van der Waals surface area contributed by atoms with Gasteiger partial charge in [-0.2, -0.15) is 0 Å². The average Bonchev–Trinajstić information content (AvgIpc) is 3.16. The summed E-state index contributed by atoms with van der Waals surface area (Å²) in [7, 11) is 0. The van der Waals surface area contributed by atoms with Crippen LogP contribution in [0.2, 0.25) is 0 Å². The second-order valence-electron chi connectivity index (χ2n) is 8.85. The predicted molar refractivity (Wildman–Crippen MR) is 131 cm³/mol. The standard InChI is InChI=1S/C26H26INO3/c1-26(16-30-25(29)28-26)20-10-13-22-19(15-20)9-14-23(24(22)27)31-21-11-7-18(8-12-21)17-5-3-2-4-6-17/h2-6,9-10,13-15,18,21H,7-8,11-12,16H2,1H3,(H,28,29)/t18?,21?,26-/m0/s1. The maximum absolute atomic E-state index is 11.5. The average molecular weight is 527 g/mol. The molecule has 3 aromatic rings. The summed E-state index contributed by atoms with van der Waals surface area (Å²) in [6, 6.07) is 21.4. The van der Waals surface area contributed by atoms with Crippen LogP contribution in [0.15, 0.2) is 60.7 Å². The van der Waals surface area contributed by atoms with Gasteiger partial charge in [-0.05, 0) is 95.1 Å². The number of alkyl carbamates (subject to hydrolysis) is 1. The Bertz CT molecular complexity index is 1110. The van der Waals surface area contributed by atoms with Gasteiger partial charge in [-0.15, -0.1) is 0 Å². The van der Waals surface area contributed by atoms with E-state index in [2.05, 4.69) is 88.6 Å². The van der Waals surface area contributed by atoms with Crippen LogP contribution in [-0.4, -0.2) is 18.8 Å². The van der Waals surface area contributed by atoms with E-state index in [1.165, 1.54) is 23.8 Å². The van der Waals surface area contributed by atoms with Crippen molar-refractivity contribution in [2.24, 2.45) is 0 Å². The fourth-order valence-electron chi connectivity index (χ4n) is 4.79. The molecule has 1 aliphatic heterocycles. The van der Waals surface area contributed by atoms with E-state index in [1.807, 2.05) is 6.92 Å². The Morgan fingerprint density at radius 2 is 1.81 bits per heavy atom. The quantitative estimate of drug-likeness (QED) is 0.394. The van der Waals surface area contributed by atoms with E-state index in [0.717, 1.165) is 33.1 Å². The van der Waals surface area contributed by atoms with E-state index in [9.17, 15) is 4.79 Å². The molecule has 1 heterocycles. The Hall–Kier alpha value is -2.28. The number of halogens is 1. The maximum Gasteiger partial charge on any atom is 0.408 e. The first-order valence-corrected chi connectivity index (χ1v) is 12.0. The molecule has 1 saturated carbocycles. The van der Waals surface area contributed by atoms with Gasteiger partial charge in [0.05, 0.1) is 15.2 Å². The molecule has 2 aliphatic rings. The number of hydrogen-bond acceptors (Lipinski definition) is 3. The fourth-order valence-corrected chi connectivity index (χ4v) is 5.59. The van der Waals surface area contributed by atoms with Crippen molar-refractivity contribution < 1.29 is 14.3 Å². The molecule has 1 amide bonds. The van der Waals surface area contributed by atoms with Crippen LogP contribution in [0, 0.1) is 3.57 Å². The number of amides is 1. The highest BCUT2D eigenvalue weighted by atomic mass is 127. The SMILES string of the molecule is C[C@@]1(c2ccc3c(I)c(OC4CCC(c5ccccc5)CC4)ccc3c2)COC(=O)N1. The molecule has 1 atom stereocenters. The zero-order valence-corrected chi connectivity index (χ0v) is 19.7. The molecular weight excluding hydrogens is 501 g/mol. The molecular formula is C26H26INO3. The largest absolute Gasteiger partial charge is 0.489 e. The van der Waals surface area contributed by atoms with Gasteiger partial charge in [-0.3, -0.25) is 0 Å². The zero-order chi connectivity index (χ0) is 21.4. The molecule has 0 spiro atoms. The van der Waals surface area contributed by atoms with Gasteiger partial charge in [-0.1, -0.05) is 48.5 Å². The Kier molecular flexibility index (Phi) is 5.54. The van der Waals surface area contributed by atoms with E-state index in [1.54, 1.807) is 0 Å². The summed E-state index contributed by atoms with van der Waals surface area (Å²) in [6.07, 6.45) is 4.44. The van der Waals surface area contributed by atoms with Crippen molar-refractivity contribution in [1.82, 2.24) is 5.32 Å². The number of fused-ring (bicyclic) bond motifs is 1. The van der Waals surface area contributed by atoms with E-state index in [0.29, 0.717) is 12.5 Å². The van der Waals surface area contributed by atoms with E-state index >= 15 is 0 Å². The van der Waals surface area contributed by atoms with Crippen molar-refractivity contribution in [1.29, 1.82) is 0 Å². The second-order valence-corrected chi connectivity index (χ2v) is 9.93. The van der Waals surface area contributed by atoms with Crippen LogP contribution in [0.4, 0.5) is 4.79 Å². The Labute approximate surface area is 196 Å². The first-order chi connectivity index (χ1) is 15.0. The summed E-state index contributed by atoms with van der Waals surface area (Å²) in [4.78, 5) is 11.5. The molecule has 1 saturated heterocycles. The van der Waals surface area contributed by atoms with Crippen molar-refractivity contribution >= 4 is 39.5 Å². The lowest BCUT2D eigenvalue weighted by Crippen LogP contribution is -2.37. The first-order valence-electron chi connectivity index (χ1n) is 10.9. The molecule has 0 radical (unpaired) electrons. The lowest BCUT2D eigenvalue weighted by molar-refractivity contribution is 0.145. The van der Waals surface area contributed by atoms with Gasteiger partial charge in [0, 0.05) is 0 Å². The van der Waals surface area contributed by atoms with Gasteiger partial charge in [-0.25, -0.2) is 4.79 Å². The molecule has 3 aromatic carbocycles. The summed E-state index contributed by atoms with van der Waals surface area (Å²) < 4.78 is 12.7. The molecule has 0 unspecified atom stereocenters. The predicted octanol–water partition coefficient (Wildman–Crippen LogP) is 6.50. The maximum atomic E-state index is 11.5. The molecule has 31 heavy (non-hydrogen) atoms.